The molecule has 39 heavy (non-hydrogen) atoms. The highest BCUT2D eigenvalue weighted by atomic mass is 19.3. The number of carbonyl (C=O) groups is 3. The Kier molecular flexibility index (Phi) is 9.79. The summed E-state index contributed by atoms with van der Waals surface area (Å²) in [5.41, 5.74) is 0.502. The first kappa shape index (κ1) is 28.9. The lowest BCUT2D eigenvalue weighted by Crippen LogP contribution is -2.44. The van der Waals surface area contributed by atoms with Crippen LogP contribution in [0.25, 0.3) is 10.9 Å². The number of anilines is 1. The number of hydrogen-bond donors (Lipinski definition) is 4. The van der Waals surface area contributed by atoms with Gasteiger partial charge in [-0.2, -0.15) is 0 Å². The first-order valence-corrected chi connectivity index (χ1v) is 11.9. The maximum atomic E-state index is 13.0. The minimum Gasteiger partial charge on any atom is -0.485 e. The Balaban J connectivity index is 1.73. The van der Waals surface area contributed by atoms with Gasteiger partial charge < -0.3 is 34.9 Å². The summed E-state index contributed by atoms with van der Waals surface area (Å²) in [6.45, 7) is -0.677. The van der Waals surface area contributed by atoms with E-state index in [0.717, 1.165) is 0 Å². The summed E-state index contributed by atoms with van der Waals surface area (Å²) in [4.78, 5) is 53.2. The molecule has 11 nitrogen and oxygen atoms in total. The molecule has 0 aliphatic carbocycles. The number of aromatic nitrogens is 2. The number of nitrogens with zero attached hydrogens (tertiary/aromatic N) is 2. The van der Waals surface area contributed by atoms with Crippen LogP contribution in [0, 0.1) is 0 Å². The van der Waals surface area contributed by atoms with Gasteiger partial charge in [0.05, 0.1) is 12.1 Å². The van der Waals surface area contributed by atoms with Crippen LogP contribution in [0.1, 0.15) is 18.5 Å². The van der Waals surface area contributed by atoms with Crippen molar-refractivity contribution in [3.8, 4) is 5.75 Å². The van der Waals surface area contributed by atoms with E-state index in [-0.39, 0.29) is 36.7 Å². The molecule has 0 radical (unpaired) electrons. The van der Waals surface area contributed by atoms with Crippen LogP contribution >= 0.6 is 0 Å². The van der Waals surface area contributed by atoms with Gasteiger partial charge in [-0.05, 0) is 43.2 Å². The Morgan fingerprint density at radius 2 is 1.97 bits per heavy atom. The number of likely N-dealkylation sites (N-methyl/N-ethyl adjacent to an activating group) is 1. The van der Waals surface area contributed by atoms with Gasteiger partial charge in [0, 0.05) is 31.4 Å². The highest BCUT2D eigenvalue weighted by Gasteiger charge is 2.21. The minimum absolute atomic E-state index is 0.0569. The van der Waals surface area contributed by atoms with Crippen molar-refractivity contribution in [1.82, 2.24) is 19.8 Å². The van der Waals surface area contributed by atoms with Crippen LogP contribution in [-0.2, 0) is 16.1 Å². The lowest BCUT2D eigenvalue weighted by molar-refractivity contribution is -0.123. The van der Waals surface area contributed by atoms with Crippen molar-refractivity contribution in [3.63, 3.8) is 0 Å². The van der Waals surface area contributed by atoms with Crippen molar-refractivity contribution < 1.29 is 33.0 Å². The summed E-state index contributed by atoms with van der Waals surface area (Å²) in [5, 5.41) is 14.4. The zero-order valence-corrected chi connectivity index (χ0v) is 21.3. The largest absolute Gasteiger partial charge is 0.485 e. The number of rotatable bonds is 12. The van der Waals surface area contributed by atoms with Gasteiger partial charge in [-0.3, -0.25) is 14.4 Å². The number of para-hydroxylation sites is 1. The lowest BCUT2D eigenvalue weighted by atomic mass is 10.1. The van der Waals surface area contributed by atoms with Gasteiger partial charge in [-0.15, -0.1) is 0 Å². The van der Waals surface area contributed by atoms with Crippen molar-refractivity contribution in [3.05, 3.63) is 70.8 Å². The predicted molar refractivity (Wildman–Crippen MR) is 140 cm³/mol. The number of carboxylic acid groups (broad SMARTS) is 1. The highest BCUT2D eigenvalue weighted by Crippen LogP contribution is 2.26. The summed E-state index contributed by atoms with van der Waals surface area (Å²) in [6.07, 6.45) is 0.624. The van der Waals surface area contributed by atoms with Crippen molar-refractivity contribution in [2.24, 2.45) is 0 Å². The minimum atomic E-state index is -2.62. The predicted octanol–water partition coefficient (Wildman–Crippen LogP) is 3.02. The van der Waals surface area contributed by atoms with Gasteiger partial charge in [-0.1, -0.05) is 18.2 Å². The number of pyridine rings is 1. The normalized spacial score (nSPS) is 12.0. The number of fused-ring (bicyclic) bond motifs is 1. The van der Waals surface area contributed by atoms with Gasteiger partial charge in [0.1, 0.15) is 24.1 Å². The van der Waals surface area contributed by atoms with E-state index in [9.17, 15) is 28.0 Å². The van der Waals surface area contributed by atoms with E-state index in [1.165, 1.54) is 33.9 Å². The standard InChI is InChI=1S/C26H29F2N5O6/c1-32(2)22(34)11-4-3-8-18(31-26(37)38)24(35)30-19-9-6-12-33(25(19)36)14-17-13-16-7-5-10-20(23(16)29-17)39-15-21(27)28/h4-7,9-13,18,21,29,31H,3,8,14-15H2,1-2H3,(H,30,35)(H,37,38)/b11-4+/t18-/m0/s1. The highest BCUT2D eigenvalue weighted by molar-refractivity contribution is 5.96. The topological polar surface area (TPSA) is 146 Å². The molecule has 4 N–H and O–H groups in total. The molecule has 3 rings (SSSR count). The molecular formula is C26H29F2N5O6. The Morgan fingerprint density at radius 1 is 1.21 bits per heavy atom. The van der Waals surface area contributed by atoms with E-state index in [4.69, 9.17) is 9.84 Å². The average Bonchev–Trinajstić information content (AvgIpc) is 3.29. The van der Waals surface area contributed by atoms with E-state index in [0.29, 0.717) is 16.6 Å². The number of amides is 3. The van der Waals surface area contributed by atoms with Crippen LogP contribution in [-0.4, -0.2) is 70.6 Å². The van der Waals surface area contributed by atoms with Crippen LogP contribution in [0.2, 0.25) is 0 Å². The number of aromatic amines is 1. The second-order valence-corrected chi connectivity index (χ2v) is 8.78. The molecule has 0 aliphatic rings. The number of halogens is 2. The number of nitrogens with one attached hydrogen (secondary N) is 3. The van der Waals surface area contributed by atoms with E-state index >= 15 is 0 Å². The number of benzene rings is 1. The Morgan fingerprint density at radius 3 is 2.67 bits per heavy atom. The summed E-state index contributed by atoms with van der Waals surface area (Å²) < 4.78 is 31.7. The fraction of sp³-hybridized carbons (Fsp3) is 0.308. The van der Waals surface area contributed by atoms with Crippen molar-refractivity contribution in [2.45, 2.75) is 31.9 Å². The smallest absolute Gasteiger partial charge is 0.405 e. The summed E-state index contributed by atoms with van der Waals surface area (Å²) in [6, 6.07) is 8.52. The molecule has 1 atom stereocenters. The van der Waals surface area contributed by atoms with Crippen LogP contribution in [0.5, 0.6) is 5.75 Å². The fourth-order valence-corrected chi connectivity index (χ4v) is 3.72. The SMILES string of the molecule is CN(C)C(=O)/C=C/CC[C@H](NC(=O)O)C(=O)Nc1cccn(Cc2cc3cccc(OCC(F)F)c3[nH]2)c1=O. The van der Waals surface area contributed by atoms with Gasteiger partial charge in [0.15, 0.2) is 0 Å². The van der Waals surface area contributed by atoms with Crippen LogP contribution in [0.3, 0.4) is 0 Å². The number of carbonyl (C=O) groups excluding carboxylic acids is 2. The van der Waals surface area contributed by atoms with Gasteiger partial charge in [0.2, 0.25) is 11.8 Å². The average molecular weight is 546 g/mol. The van der Waals surface area contributed by atoms with Gasteiger partial charge >= 0.3 is 6.09 Å². The molecule has 2 heterocycles. The van der Waals surface area contributed by atoms with Crippen LogP contribution < -0.4 is 20.9 Å². The van der Waals surface area contributed by atoms with Crippen LogP contribution in [0.4, 0.5) is 19.3 Å². The quantitative estimate of drug-likeness (QED) is 0.258. The molecule has 0 bridgehead atoms. The third kappa shape index (κ3) is 8.15. The molecular weight excluding hydrogens is 516 g/mol. The molecule has 13 heteroatoms. The lowest BCUT2D eigenvalue weighted by Gasteiger charge is -2.16. The molecule has 0 unspecified atom stereocenters. The van der Waals surface area contributed by atoms with E-state index < -0.39 is 36.6 Å². The molecule has 3 aromatic rings. The maximum absolute atomic E-state index is 13.0. The van der Waals surface area contributed by atoms with E-state index in [2.05, 4.69) is 15.6 Å². The molecule has 0 saturated carbocycles. The molecule has 208 valence electrons. The zero-order valence-electron chi connectivity index (χ0n) is 21.3. The van der Waals surface area contributed by atoms with E-state index in [1.807, 2.05) is 0 Å². The van der Waals surface area contributed by atoms with E-state index in [1.54, 1.807) is 44.4 Å². The molecule has 0 spiro atoms. The molecule has 1 aromatic carbocycles. The first-order chi connectivity index (χ1) is 18.5. The molecule has 0 aliphatic heterocycles. The summed E-state index contributed by atoms with van der Waals surface area (Å²) in [7, 11) is 3.17. The number of H-pyrrole nitrogens is 1. The third-order valence-corrected chi connectivity index (χ3v) is 5.59. The Bertz CT molecular complexity index is 1420. The second-order valence-electron chi connectivity index (χ2n) is 8.78. The maximum Gasteiger partial charge on any atom is 0.405 e. The summed E-state index contributed by atoms with van der Waals surface area (Å²) in [5.74, 6) is -0.727. The van der Waals surface area contributed by atoms with Gasteiger partial charge in [0.25, 0.3) is 12.0 Å². The van der Waals surface area contributed by atoms with Crippen molar-refractivity contribution in [2.75, 3.05) is 26.0 Å². The molecule has 0 fully saturated rings. The Hall–Kier alpha value is -4.68. The van der Waals surface area contributed by atoms with Crippen molar-refractivity contribution in [1.29, 1.82) is 0 Å². The number of hydrogen-bond acceptors (Lipinski definition) is 5. The molecule has 2 aromatic heterocycles. The van der Waals surface area contributed by atoms with Crippen LogP contribution in [0.15, 0.2) is 59.5 Å². The third-order valence-electron chi connectivity index (χ3n) is 5.59. The number of ether oxygens (including phenoxy) is 1. The zero-order chi connectivity index (χ0) is 28.5. The number of allylic oxidation sites excluding steroid dienone is 1. The van der Waals surface area contributed by atoms with Gasteiger partial charge in [-0.25, -0.2) is 13.6 Å². The number of alkyl halides is 2. The monoisotopic (exact) mass is 545 g/mol. The first-order valence-electron chi connectivity index (χ1n) is 11.9. The molecule has 0 saturated heterocycles. The fourth-order valence-electron chi connectivity index (χ4n) is 3.72. The molecule has 3 amide bonds. The Labute approximate surface area is 222 Å². The summed E-state index contributed by atoms with van der Waals surface area (Å²) >= 11 is 0. The second kappa shape index (κ2) is 13.2. The van der Waals surface area contributed by atoms with Crippen molar-refractivity contribution >= 4 is 34.5 Å².